The van der Waals surface area contributed by atoms with E-state index in [0.717, 1.165) is 25.7 Å². The molecule has 2 fully saturated rings. The van der Waals surface area contributed by atoms with Crippen molar-refractivity contribution < 1.29 is 29.5 Å². The number of halogens is 5. The molecule has 29 heavy (non-hydrogen) atoms. The highest BCUT2D eigenvalue weighted by molar-refractivity contribution is 5.25. The minimum Gasteiger partial charge on any atom is -0.432 e. The number of allylic oxidation sites excluding steroid dienone is 1. The van der Waals surface area contributed by atoms with Gasteiger partial charge in [0.2, 0.25) is 0 Å². The lowest BCUT2D eigenvalue weighted by Gasteiger charge is -2.38. The van der Waals surface area contributed by atoms with Gasteiger partial charge in [0.05, 0.1) is 5.92 Å². The van der Waals surface area contributed by atoms with E-state index in [1.165, 1.54) is 0 Å². The molecule has 0 unspecified atom stereocenters. The quantitative estimate of drug-likeness (QED) is 0.261. The molecule has 2 saturated carbocycles. The maximum atomic E-state index is 14.5. The average Bonchev–Trinajstić information content (AvgIpc) is 2.66. The Morgan fingerprint density at radius 2 is 1.31 bits per heavy atom. The van der Waals surface area contributed by atoms with E-state index in [4.69, 9.17) is 0 Å². The van der Waals surface area contributed by atoms with E-state index < -0.39 is 35.2 Å². The largest absolute Gasteiger partial charge is 0.432 e. The first kappa shape index (κ1) is 25.4. The van der Waals surface area contributed by atoms with E-state index in [0.29, 0.717) is 55.6 Å². The zero-order valence-corrected chi connectivity index (χ0v) is 15.2. The number of hydrogen-bond acceptors (Lipinski definition) is 1. The Bertz CT molecular complexity index is 647. The molecule has 170 valence electrons. The first-order valence-corrected chi connectivity index (χ1v) is 9.64. The van der Waals surface area contributed by atoms with E-state index in [9.17, 15) is 22.0 Å². The van der Waals surface area contributed by atoms with Gasteiger partial charge in [-0.25, -0.2) is 13.2 Å². The molecule has 1 aromatic carbocycles. The van der Waals surface area contributed by atoms with Crippen molar-refractivity contribution in [3.63, 3.8) is 0 Å². The van der Waals surface area contributed by atoms with Gasteiger partial charge in [0, 0.05) is 15.0 Å². The minimum absolute atomic E-state index is 0. The summed E-state index contributed by atoms with van der Waals surface area (Å²) in [5.74, 6) is -4.88. The Hall–Kier alpha value is -1.59. The summed E-state index contributed by atoms with van der Waals surface area (Å²) in [4.78, 5) is 0. The molecule has 0 amide bonds. The molecule has 0 spiro atoms. The number of rotatable bonds is 5. The lowest BCUT2D eigenvalue weighted by Crippen LogP contribution is -2.38. The summed E-state index contributed by atoms with van der Waals surface area (Å²) in [6.45, 7) is 3.84. The van der Waals surface area contributed by atoms with Crippen LogP contribution in [0.2, 0.25) is 0 Å². The van der Waals surface area contributed by atoms with Gasteiger partial charge in [-0.05, 0) is 69.1 Å². The van der Waals surface area contributed by atoms with Crippen LogP contribution in [0.1, 0.15) is 69.1 Å². The second-order valence-corrected chi connectivity index (χ2v) is 7.89. The molecule has 0 aliphatic heterocycles. The normalized spacial score (nSPS) is 27.3. The zero-order chi connectivity index (χ0) is 19.6. The number of alkyl halides is 2. The van der Waals surface area contributed by atoms with Gasteiger partial charge in [0.15, 0.2) is 17.5 Å². The van der Waals surface area contributed by atoms with E-state index in [-0.39, 0.29) is 17.7 Å². The Balaban J connectivity index is 0. The molecule has 6 heteroatoms. The molecular weight excluding hydrogens is 387 g/mol. The van der Waals surface area contributed by atoms with Gasteiger partial charge >= 0.3 is 6.11 Å². The van der Waals surface area contributed by atoms with Crippen LogP contribution < -0.4 is 4.74 Å². The lowest BCUT2D eigenvalue weighted by molar-refractivity contribution is -0.224. The molecule has 0 heterocycles. The molecule has 0 aromatic heterocycles. The smallest absolute Gasteiger partial charge is 0.400 e. The van der Waals surface area contributed by atoms with Crippen LogP contribution in [0.3, 0.4) is 0 Å². The predicted octanol–water partition coefficient (Wildman–Crippen LogP) is 8.64. The van der Waals surface area contributed by atoms with Crippen LogP contribution in [0.25, 0.3) is 0 Å². The van der Waals surface area contributed by atoms with Gasteiger partial charge < -0.3 is 4.74 Å². The van der Waals surface area contributed by atoms with Crippen molar-refractivity contribution >= 4 is 0 Å². The summed E-state index contributed by atoms with van der Waals surface area (Å²) in [6.07, 6.45) is 4.98. The van der Waals surface area contributed by atoms with Crippen molar-refractivity contribution in [1.29, 1.82) is 0 Å². The highest BCUT2D eigenvalue weighted by Gasteiger charge is 2.45. The standard InChI is InChI=1S/C21H25F5O.2CH4.2H2/c1-2-13-3-5-14(6-4-13)15-7-9-16(10-8-15)21(25,26)27-17-11-18(22)20(24)19(23)12-17;;;;/h2,11-16H,1,3-10H2;2*1H4;2*1H. The molecule has 0 N–H and O–H groups in total. The third kappa shape index (κ3) is 5.95. The first-order chi connectivity index (χ1) is 12.8. The number of hydrogen-bond donors (Lipinski definition) is 0. The summed E-state index contributed by atoms with van der Waals surface area (Å²) in [6, 6.07) is 0.909. The van der Waals surface area contributed by atoms with Crippen molar-refractivity contribution in [3.05, 3.63) is 42.2 Å². The fourth-order valence-electron chi connectivity index (χ4n) is 4.61. The SMILES string of the molecule is C.C.C=CC1CCC(C2CCC(C(F)(F)Oc3cc(F)c(F)c(F)c3)CC2)CC1.[HH].[HH]. The molecule has 0 radical (unpaired) electrons. The van der Waals surface area contributed by atoms with Crippen LogP contribution in [0.15, 0.2) is 24.8 Å². The molecule has 1 aromatic rings. The molecule has 3 rings (SSSR count). The van der Waals surface area contributed by atoms with Crippen LogP contribution in [-0.4, -0.2) is 6.11 Å². The Morgan fingerprint density at radius 1 is 0.862 bits per heavy atom. The second-order valence-electron chi connectivity index (χ2n) is 7.89. The summed E-state index contributed by atoms with van der Waals surface area (Å²) < 4.78 is 72.9. The van der Waals surface area contributed by atoms with Gasteiger partial charge in [-0.1, -0.05) is 20.9 Å². The van der Waals surface area contributed by atoms with Crippen LogP contribution in [0.5, 0.6) is 5.75 Å². The summed E-state index contributed by atoms with van der Waals surface area (Å²) in [7, 11) is 0. The molecule has 0 saturated heterocycles. The van der Waals surface area contributed by atoms with Crippen molar-refractivity contribution in [2.45, 2.75) is 72.3 Å². The average molecular weight is 425 g/mol. The Kier molecular flexibility index (Phi) is 9.16. The second kappa shape index (κ2) is 10.4. The maximum absolute atomic E-state index is 14.5. The first-order valence-electron chi connectivity index (χ1n) is 9.64. The minimum atomic E-state index is -3.54. The Morgan fingerprint density at radius 3 is 1.76 bits per heavy atom. The lowest BCUT2D eigenvalue weighted by atomic mass is 9.69. The molecule has 1 nitrogen and oxygen atoms in total. The van der Waals surface area contributed by atoms with E-state index in [1.54, 1.807) is 0 Å². The Labute approximate surface area is 174 Å². The van der Waals surface area contributed by atoms with Crippen molar-refractivity contribution in [2.75, 3.05) is 0 Å². The highest BCUT2D eigenvalue weighted by Crippen LogP contribution is 2.45. The van der Waals surface area contributed by atoms with Gasteiger partial charge in [-0.2, -0.15) is 8.78 Å². The molecule has 2 aliphatic carbocycles. The zero-order valence-electron chi connectivity index (χ0n) is 15.2. The van der Waals surface area contributed by atoms with E-state index in [1.807, 2.05) is 6.08 Å². The molecule has 0 atom stereocenters. The molecule has 0 bridgehead atoms. The fourth-order valence-corrected chi connectivity index (χ4v) is 4.61. The van der Waals surface area contributed by atoms with E-state index in [2.05, 4.69) is 11.3 Å². The molecular formula is C23H37F5O. The topological polar surface area (TPSA) is 9.23 Å². The van der Waals surface area contributed by atoms with Crippen LogP contribution in [-0.2, 0) is 0 Å². The number of benzene rings is 1. The van der Waals surface area contributed by atoms with Crippen molar-refractivity contribution in [1.82, 2.24) is 0 Å². The van der Waals surface area contributed by atoms with Gasteiger partial charge in [-0.15, -0.1) is 6.58 Å². The summed E-state index contributed by atoms with van der Waals surface area (Å²) in [5.41, 5.74) is 0. The molecule has 2 aliphatic rings. The van der Waals surface area contributed by atoms with Crippen LogP contribution in [0.4, 0.5) is 22.0 Å². The van der Waals surface area contributed by atoms with Gasteiger partial charge in [0.25, 0.3) is 0 Å². The van der Waals surface area contributed by atoms with Gasteiger partial charge in [-0.3, -0.25) is 0 Å². The predicted molar refractivity (Wildman–Crippen MR) is 111 cm³/mol. The van der Waals surface area contributed by atoms with E-state index >= 15 is 0 Å². The van der Waals surface area contributed by atoms with Crippen LogP contribution in [0, 0.1) is 41.1 Å². The number of ether oxygens (including phenoxy) is 1. The van der Waals surface area contributed by atoms with Gasteiger partial charge in [0.1, 0.15) is 5.75 Å². The fraction of sp³-hybridized carbons (Fsp3) is 0.652. The van der Waals surface area contributed by atoms with Crippen LogP contribution >= 0.6 is 0 Å². The van der Waals surface area contributed by atoms with Crippen molar-refractivity contribution in [3.8, 4) is 5.75 Å². The summed E-state index contributed by atoms with van der Waals surface area (Å²) in [5, 5.41) is 0. The monoisotopic (exact) mass is 424 g/mol. The highest BCUT2D eigenvalue weighted by atomic mass is 19.3. The maximum Gasteiger partial charge on any atom is 0.400 e. The summed E-state index contributed by atoms with van der Waals surface area (Å²) >= 11 is 0. The third-order valence-corrected chi connectivity index (χ3v) is 6.27. The van der Waals surface area contributed by atoms with Crippen molar-refractivity contribution in [2.24, 2.45) is 23.7 Å². The third-order valence-electron chi connectivity index (χ3n) is 6.27.